The van der Waals surface area contributed by atoms with Crippen LogP contribution in [0.2, 0.25) is 0 Å². The third kappa shape index (κ3) is 5.60. The lowest BCUT2D eigenvalue weighted by atomic mass is 10.1. The van der Waals surface area contributed by atoms with Gasteiger partial charge in [-0.25, -0.2) is 0 Å². The number of carbonyl (C=O) groups excluding carboxylic acids is 1. The predicted molar refractivity (Wildman–Crippen MR) is 42.4 cm³/mol. The summed E-state index contributed by atoms with van der Waals surface area (Å²) in [6.45, 7) is 5.08. The molecule has 0 aromatic heterocycles. The topological polar surface area (TPSA) is 29.1 Å². The van der Waals surface area contributed by atoms with E-state index in [4.69, 9.17) is 0 Å². The molecule has 1 atom stereocenters. The van der Waals surface area contributed by atoms with E-state index in [2.05, 4.69) is 19.2 Å². The minimum absolute atomic E-state index is 0.599. The van der Waals surface area contributed by atoms with Crippen molar-refractivity contribution in [1.29, 1.82) is 0 Å². The van der Waals surface area contributed by atoms with Gasteiger partial charge < -0.3 is 5.32 Å². The molecule has 0 spiro atoms. The third-order valence-corrected chi connectivity index (χ3v) is 1.57. The number of hydrogen-bond donors (Lipinski definition) is 1. The molecule has 0 saturated carbocycles. The van der Waals surface area contributed by atoms with Crippen molar-refractivity contribution in [3.63, 3.8) is 0 Å². The van der Waals surface area contributed by atoms with E-state index in [9.17, 15) is 4.79 Å². The maximum absolute atomic E-state index is 9.75. The average molecular weight is 142 g/mol. The van der Waals surface area contributed by atoms with Gasteiger partial charge in [-0.1, -0.05) is 26.7 Å². The highest BCUT2D eigenvalue weighted by Crippen LogP contribution is 2.05. The number of rotatable bonds is 6. The van der Waals surface area contributed by atoms with Crippen molar-refractivity contribution in [2.45, 2.75) is 33.1 Å². The quantitative estimate of drug-likeness (QED) is 0.559. The van der Waals surface area contributed by atoms with E-state index in [0.717, 1.165) is 6.54 Å². The Hall–Kier alpha value is -0.530. The van der Waals surface area contributed by atoms with Crippen LogP contribution in [0, 0.1) is 5.92 Å². The molecule has 0 aliphatic heterocycles. The van der Waals surface area contributed by atoms with Gasteiger partial charge in [0.15, 0.2) is 0 Å². The average Bonchev–Trinajstić information content (AvgIpc) is 1.97. The minimum Gasteiger partial charge on any atom is -0.348 e. The molecule has 1 amide bonds. The van der Waals surface area contributed by atoms with Crippen LogP contribution in [-0.2, 0) is 4.79 Å². The molecule has 0 aliphatic rings. The number of amides is 1. The largest absolute Gasteiger partial charge is 0.348 e. The molecule has 0 saturated heterocycles. The van der Waals surface area contributed by atoms with Gasteiger partial charge in [-0.15, -0.1) is 0 Å². The lowest BCUT2D eigenvalue weighted by Gasteiger charge is -2.07. The molecule has 2 heteroatoms. The summed E-state index contributed by atoms with van der Waals surface area (Å²) >= 11 is 0. The van der Waals surface area contributed by atoms with Gasteiger partial charge in [-0.3, -0.25) is 4.79 Å². The van der Waals surface area contributed by atoms with Gasteiger partial charge in [-0.2, -0.15) is 0 Å². The number of hydrogen-bond acceptors (Lipinski definition) is 1. The molecule has 0 bridgehead atoms. The van der Waals surface area contributed by atoms with E-state index in [1.54, 1.807) is 6.41 Å². The second-order valence-electron chi connectivity index (χ2n) is 2.73. The Balaban J connectivity index is 3.07. The predicted octanol–water partition coefficient (Wildman–Crippen LogP) is 1.47. The van der Waals surface area contributed by atoms with Gasteiger partial charge in [0.25, 0.3) is 0 Å². The fraction of sp³-hybridized carbons (Fsp3) is 0.875. The molecule has 0 heterocycles. The van der Waals surface area contributed by atoms with Gasteiger partial charge in [0.1, 0.15) is 0 Å². The molecule has 59 valence electrons. The summed E-state index contributed by atoms with van der Waals surface area (Å²) in [4.78, 5) is 9.75. The Labute approximate surface area is 63.0 Å². The molecular weight excluding hydrogens is 126 g/mol. The van der Waals surface area contributed by atoms with Gasteiger partial charge in [0.2, 0.25) is 0 Å². The summed E-state index contributed by atoms with van der Waals surface area (Å²) in [6, 6.07) is 0. The Kier molecular flexibility index (Phi) is 6.24. The Bertz CT molecular complexity index is 83.3. The van der Waals surface area contributed by atoms with E-state index >= 15 is 0 Å². The maximum atomic E-state index is 9.75. The molecule has 2 nitrogen and oxygen atoms in total. The van der Waals surface area contributed by atoms with Crippen molar-refractivity contribution in [1.82, 2.24) is 5.32 Å². The van der Waals surface area contributed by atoms with Gasteiger partial charge in [0, 0.05) is 6.54 Å². The molecule has 1 unspecified atom stereocenters. The standard InChI is InChI=1S/C8H16NO/c1-3-4-5-8(2)6-9-7-10/h8H,3-6H2,1-2H3,(H,9,10). The van der Waals surface area contributed by atoms with Crippen LogP contribution in [0.5, 0.6) is 0 Å². The zero-order valence-electron chi connectivity index (χ0n) is 6.81. The van der Waals surface area contributed by atoms with Crippen LogP contribution >= 0.6 is 0 Å². The Morgan fingerprint density at radius 2 is 2.30 bits per heavy atom. The molecule has 10 heavy (non-hydrogen) atoms. The van der Waals surface area contributed by atoms with Crippen molar-refractivity contribution < 1.29 is 4.79 Å². The number of unbranched alkanes of at least 4 members (excludes halogenated alkanes) is 1. The fourth-order valence-corrected chi connectivity index (χ4v) is 0.871. The van der Waals surface area contributed by atoms with E-state index < -0.39 is 0 Å². The van der Waals surface area contributed by atoms with Crippen LogP contribution in [0.1, 0.15) is 33.1 Å². The van der Waals surface area contributed by atoms with Crippen LogP contribution in [-0.4, -0.2) is 13.0 Å². The zero-order chi connectivity index (χ0) is 7.82. The summed E-state index contributed by atoms with van der Waals surface area (Å²) < 4.78 is 0. The van der Waals surface area contributed by atoms with Crippen LogP contribution in [0.4, 0.5) is 0 Å². The lowest BCUT2D eigenvalue weighted by Crippen LogP contribution is -2.18. The van der Waals surface area contributed by atoms with Crippen molar-refractivity contribution in [2.75, 3.05) is 6.54 Å². The van der Waals surface area contributed by atoms with E-state index in [-0.39, 0.29) is 0 Å². The monoisotopic (exact) mass is 142 g/mol. The molecular formula is C8H16NO. The highest BCUT2D eigenvalue weighted by molar-refractivity contribution is 5.46. The van der Waals surface area contributed by atoms with Crippen molar-refractivity contribution in [3.8, 4) is 0 Å². The normalized spacial score (nSPS) is 12.6. The first-order valence-corrected chi connectivity index (χ1v) is 3.91. The zero-order valence-corrected chi connectivity index (χ0v) is 6.81. The van der Waals surface area contributed by atoms with Crippen molar-refractivity contribution in [2.24, 2.45) is 5.92 Å². The summed E-state index contributed by atoms with van der Waals surface area (Å²) in [5.74, 6) is 0.599. The third-order valence-electron chi connectivity index (χ3n) is 1.57. The minimum atomic E-state index is 0.599. The fourth-order valence-electron chi connectivity index (χ4n) is 0.871. The smallest absolute Gasteiger partial charge is 0.309 e. The SMILES string of the molecule is CCCCC(C)CN[C]=O. The van der Waals surface area contributed by atoms with Gasteiger partial charge in [-0.05, 0) is 12.3 Å². The van der Waals surface area contributed by atoms with Crippen molar-refractivity contribution >= 4 is 6.41 Å². The Morgan fingerprint density at radius 1 is 1.60 bits per heavy atom. The van der Waals surface area contributed by atoms with E-state index in [1.165, 1.54) is 19.3 Å². The first kappa shape index (κ1) is 9.47. The van der Waals surface area contributed by atoms with E-state index in [0.29, 0.717) is 5.92 Å². The second-order valence-corrected chi connectivity index (χ2v) is 2.73. The summed E-state index contributed by atoms with van der Waals surface area (Å²) in [7, 11) is 0. The van der Waals surface area contributed by atoms with Gasteiger partial charge in [0.05, 0.1) is 0 Å². The summed E-state index contributed by atoms with van der Waals surface area (Å²) in [5, 5.41) is 2.55. The highest BCUT2D eigenvalue weighted by atomic mass is 16.1. The number of nitrogens with one attached hydrogen (secondary N) is 1. The lowest BCUT2D eigenvalue weighted by molar-refractivity contribution is 0.480. The van der Waals surface area contributed by atoms with Crippen LogP contribution in [0.3, 0.4) is 0 Å². The first-order chi connectivity index (χ1) is 4.81. The summed E-state index contributed by atoms with van der Waals surface area (Å²) in [6.07, 6.45) is 5.36. The Morgan fingerprint density at radius 3 is 2.80 bits per heavy atom. The summed E-state index contributed by atoms with van der Waals surface area (Å²) in [5.41, 5.74) is 0. The molecule has 0 aromatic rings. The van der Waals surface area contributed by atoms with E-state index in [1.807, 2.05) is 0 Å². The van der Waals surface area contributed by atoms with Crippen LogP contribution in [0.25, 0.3) is 0 Å². The van der Waals surface area contributed by atoms with Crippen LogP contribution in [0.15, 0.2) is 0 Å². The molecule has 1 N–H and O–H groups in total. The van der Waals surface area contributed by atoms with Crippen molar-refractivity contribution in [3.05, 3.63) is 0 Å². The van der Waals surface area contributed by atoms with Gasteiger partial charge >= 0.3 is 6.41 Å². The molecule has 0 aliphatic carbocycles. The second kappa shape index (κ2) is 6.59. The highest BCUT2D eigenvalue weighted by Gasteiger charge is 1.98. The molecule has 0 aromatic carbocycles. The van der Waals surface area contributed by atoms with Crippen LogP contribution < -0.4 is 5.32 Å². The first-order valence-electron chi connectivity index (χ1n) is 3.91. The molecule has 0 fully saturated rings. The maximum Gasteiger partial charge on any atom is 0.309 e. The molecule has 0 rings (SSSR count). The molecule has 1 radical (unpaired) electrons.